The molecule has 0 aliphatic carbocycles. The highest BCUT2D eigenvalue weighted by atomic mass is 16.3. The summed E-state index contributed by atoms with van der Waals surface area (Å²) in [7, 11) is 0. The van der Waals surface area contributed by atoms with Crippen molar-refractivity contribution in [2.24, 2.45) is 0 Å². The summed E-state index contributed by atoms with van der Waals surface area (Å²) in [6.45, 7) is 0.407. The van der Waals surface area contributed by atoms with E-state index < -0.39 is 0 Å². The van der Waals surface area contributed by atoms with E-state index in [4.69, 9.17) is 4.42 Å². The molecular weight excluding hydrogens is 278 g/mol. The maximum absolute atomic E-state index is 11.8. The average Bonchev–Trinajstić information content (AvgIpc) is 3.09. The Labute approximate surface area is 128 Å². The second-order valence-corrected chi connectivity index (χ2v) is 4.70. The van der Waals surface area contributed by atoms with Crippen LogP contribution in [0, 0.1) is 0 Å². The largest absolute Gasteiger partial charge is 0.463 e. The molecule has 0 atom stereocenters. The normalized spacial score (nSPS) is 10.2. The van der Waals surface area contributed by atoms with Crippen molar-refractivity contribution in [3.8, 4) is 11.5 Å². The number of anilines is 1. The fourth-order valence-electron chi connectivity index (χ4n) is 1.98. The molecule has 2 heterocycles. The molecule has 22 heavy (non-hydrogen) atoms. The maximum atomic E-state index is 11.8. The standard InChI is InChI=1S/C17H15N3O2/c21-17(20-14-5-2-1-3-6-14)19-12-13-8-9-15(18-11-13)16-7-4-10-22-16/h1-11H,12H2,(H2,19,20,21). The molecule has 0 aliphatic heterocycles. The predicted molar refractivity (Wildman–Crippen MR) is 84.2 cm³/mol. The molecule has 2 amide bonds. The van der Waals surface area contributed by atoms with Crippen LogP contribution in [0.2, 0.25) is 0 Å². The Hall–Kier alpha value is -3.08. The number of aromatic nitrogens is 1. The van der Waals surface area contributed by atoms with E-state index in [1.807, 2.05) is 54.6 Å². The lowest BCUT2D eigenvalue weighted by Gasteiger charge is -2.07. The van der Waals surface area contributed by atoms with Crippen LogP contribution in [0.25, 0.3) is 11.5 Å². The van der Waals surface area contributed by atoms with E-state index in [9.17, 15) is 4.79 Å². The maximum Gasteiger partial charge on any atom is 0.319 e. The molecule has 3 rings (SSSR count). The number of furan rings is 1. The molecule has 3 aromatic rings. The Kier molecular flexibility index (Phi) is 4.15. The average molecular weight is 293 g/mol. The number of urea groups is 1. The van der Waals surface area contributed by atoms with Crippen LogP contribution < -0.4 is 10.6 Å². The highest BCUT2D eigenvalue weighted by molar-refractivity contribution is 5.89. The summed E-state index contributed by atoms with van der Waals surface area (Å²) in [5, 5.41) is 5.55. The molecular formula is C17H15N3O2. The molecule has 0 radical (unpaired) electrons. The lowest BCUT2D eigenvalue weighted by atomic mass is 10.2. The summed E-state index contributed by atoms with van der Waals surface area (Å²) >= 11 is 0. The first-order valence-corrected chi connectivity index (χ1v) is 6.90. The summed E-state index contributed by atoms with van der Waals surface area (Å²) in [5.74, 6) is 0.723. The fourth-order valence-corrected chi connectivity index (χ4v) is 1.98. The van der Waals surface area contributed by atoms with E-state index >= 15 is 0 Å². The van der Waals surface area contributed by atoms with Gasteiger partial charge in [-0.3, -0.25) is 4.98 Å². The Morgan fingerprint density at radius 3 is 2.59 bits per heavy atom. The molecule has 5 heteroatoms. The molecule has 0 fully saturated rings. The summed E-state index contributed by atoms with van der Waals surface area (Å²) < 4.78 is 5.28. The molecule has 0 saturated heterocycles. The lowest BCUT2D eigenvalue weighted by molar-refractivity contribution is 0.251. The summed E-state index contributed by atoms with van der Waals surface area (Å²) in [6, 6.07) is 16.5. The minimum Gasteiger partial charge on any atom is -0.463 e. The number of rotatable bonds is 4. The number of pyridine rings is 1. The molecule has 2 N–H and O–H groups in total. The number of carbonyl (C=O) groups excluding carboxylic acids is 1. The van der Waals surface area contributed by atoms with Crippen molar-refractivity contribution in [3.63, 3.8) is 0 Å². The van der Waals surface area contributed by atoms with Crippen LogP contribution in [0.15, 0.2) is 71.5 Å². The van der Waals surface area contributed by atoms with Gasteiger partial charge in [0.25, 0.3) is 0 Å². The Morgan fingerprint density at radius 2 is 1.91 bits per heavy atom. The lowest BCUT2D eigenvalue weighted by Crippen LogP contribution is -2.28. The Bertz CT molecular complexity index is 722. The molecule has 2 aromatic heterocycles. The van der Waals surface area contributed by atoms with E-state index in [2.05, 4.69) is 15.6 Å². The van der Waals surface area contributed by atoms with E-state index in [1.165, 1.54) is 0 Å². The van der Waals surface area contributed by atoms with Gasteiger partial charge in [-0.25, -0.2) is 4.79 Å². The number of carbonyl (C=O) groups is 1. The van der Waals surface area contributed by atoms with Crippen LogP contribution in [-0.2, 0) is 6.54 Å². The summed E-state index contributed by atoms with van der Waals surface area (Å²) in [6.07, 6.45) is 3.33. The van der Waals surface area contributed by atoms with E-state index in [-0.39, 0.29) is 6.03 Å². The third-order valence-corrected chi connectivity index (χ3v) is 3.08. The van der Waals surface area contributed by atoms with Gasteiger partial charge < -0.3 is 15.1 Å². The zero-order chi connectivity index (χ0) is 15.2. The van der Waals surface area contributed by atoms with Crippen molar-refractivity contribution in [2.75, 3.05) is 5.32 Å². The third-order valence-electron chi connectivity index (χ3n) is 3.08. The molecule has 110 valence electrons. The zero-order valence-electron chi connectivity index (χ0n) is 11.8. The quantitative estimate of drug-likeness (QED) is 0.771. The molecule has 0 aliphatic rings. The topological polar surface area (TPSA) is 67.2 Å². The van der Waals surface area contributed by atoms with E-state index in [1.54, 1.807) is 12.5 Å². The van der Waals surface area contributed by atoms with Gasteiger partial charge in [0.2, 0.25) is 0 Å². The second-order valence-electron chi connectivity index (χ2n) is 4.70. The molecule has 0 unspecified atom stereocenters. The smallest absolute Gasteiger partial charge is 0.319 e. The van der Waals surface area contributed by atoms with Gasteiger partial charge in [0.15, 0.2) is 5.76 Å². The highest BCUT2D eigenvalue weighted by Gasteiger charge is 2.04. The molecule has 1 aromatic carbocycles. The Balaban J connectivity index is 1.54. The Morgan fingerprint density at radius 1 is 1.05 bits per heavy atom. The first-order valence-electron chi connectivity index (χ1n) is 6.90. The molecule has 0 saturated carbocycles. The second kappa shape index (κ2) is 6.58. The minimum atomic E-state index is -0.249. The van der Waals surface area contributed by atoms with Crippen LogP contribution in [0.1, 0.15) is 5.56 Å². The summed E-state index contributed by atoms with van der Waals surface area (Å²) in [4.78, 5) is 16.1. The van der Waals surface area contributed by atoms with Crippen molar-refractivity contribution in [3.05, 3.63) is 72.6 Å². The first-order chi connectivity index (χ1) is 10.8. The predicted octanol–water partition coefficient (Wildman–Crippen LogP) is 3.66. The van der Waals surface area contributed by atoms with Gasteiger partial charge in [-0.05, 0) is 35.9 Å². The third kappa shape index (κ3) is 3.52. The first kappa shape index (κ1) is 13.9. The number of hydrogen-bond donors (Lipinski definition) is 2. The van der Waals surface area contributed by atoms with E-state index in [0.717, 1.165) is 22.7 Å². The van der Waals surface area contributed by atoms with Gasteiger partial charge in [0, 0.05) is 18.4 Å². The van der Waals surface area contributed by atoms with Crippen LogP contribution in [0.4, 0.5) is 10.5 Å². The number of benzene rings is 1. The van der Waals surface area contributed by atoms with Gasteiger partial charge in [-0.15, -0.1) is 0 Å². The van der Waals surface area contributed by atoms with Gasteiger partial charge in [-0.2, -0.15) is 0 Å². The van der Waals surface area contributed by atoms with Gasteiger partial charge in [-0.1, -0.05) is 24.3 Å². The van der Waals surface area contributed by atoms with Gasteiger partial charge in [0.05, 0.1) is 6.26 Å². The minimum absolute atomic E-state index is 0.249. The van der Waals surface area contributed by atoms with Crippen LogP contribution in [0.5, 0.6) is 0 Å². The number of nitrogens with zero attached hydrogens (tertiary/aromatic N) is 1. The van der Waals surface area contributed by atoms with Crippen molar-refractivity contribution in [2.45, 2.75) is 6.54 Å². The number of amides is 2. The SMILES string of the molecule is O=C(NCc1ccc(-c2ccco2)nc1)Nc1ccccc1. The van der Waals surface area contributed by atoms with Crippen molar-refractivity contribution < 1.29 is 9.21 Å². The monoisotopic (exact) mass is 293 g/mol. The zero-order valence-corrected chi connectivity index (χ0v) is 11.8. The van der Waals surface area contributed by atoms with Crippen LogP contribution in [-0.4, -0.2) is 11.0 Å². The molecule has 5 nitrogen and oxygen atoms in total. The number of para-hydroxylation sites is 1. The van der Waals surface area contributed by atoms with E-state index in [0.29, 0.717) is 6.54 Å². The summed E-state index contributed by atoms with van der Waals surface area (Å²) in [5.41, 5.74) is 2.44. The van der Waals surface area contributed by atoms with Crippen LogP contribution in [0.3, 0.4) is 0 Å². The van der Waals surface area contributed by atoms with Gasteiger partial charge >= 0.3 is 6.03 Å². The highest BCUT2D eigenvalue weighted by Crippen LogP contribution is 2.17. The molecule has 0 bridgehead atoms. The fraction of sp³-hybridized carbons (Fsp3) is 0.0588. The van der Waals surface area contributed by atoms with Crippen molar-refractivity contribution >= 4 is 11.7 Å². The van der Waals surface area contributed by atoms with Crippen molar-refractivity contribution in [1.82, 2.24) is 10.3 Å². The van der Waals surface area contributed by atoms with Crippen LogP contribution >= 0.6 is 0 Å². The number of nitrogens with one attached hydrogen (secondary N) is 2. The number of hydrogen-bond acceptors (Lipinski definition) is 3. The molecule has 0 spiro atoms. The van der Waals surface area contributed by atoms with Crippen molar-refractivity contribution in [1.29, 1.82) is 0 Å². The van der Waals surface area contributed by atoms with Gasteiger partial charge in [0.1, 0.15) is 5.69 Å².